The van der Waals surface area contributed by atoms with Crippen LogP contribution in [0.2, 0.25) is 0 Å². The Labute approximate surface area is 134 Å². The van der Waals surface area contributed by atoms with Gasteiger partial charge in [-0.2, -0.15) is 0 Å². The third-order valence-electron chi connectivity index (χ3n) is 3.19. The Morgan fingerprint density at radius 3 is 2.50 bits per heavy atom. The number of benzene rings is 1. The highest BCUT2D eigenvalue weighted by atomic mass is 16.6. The van der Waals surface area contributed by atoms with E-state index < -0.39 is 6.41 Å². The van der Waals surface area contributed by atoms with Crippen molar-refractivity contribution in [2.45, 2.75) is 41.0 Å². The van der Waals surface area contributed by atoms with E-state index in [1.165, 1.54) is 7.11 Å². The van der Waals surface area contributed by atoms with Crippen molar-refractivity contribution in [3.63, 3.8) is 0 Å². The fraction of sp³-hybridized carbons (Fsp3) is 0.421. The Balaban J connectivity index is 3.31. The minimum atomic E-state index is -1.20. The first-order valence-corrected chi connectivity index (χ1v) is 7.39. The SMILES string of the molecule is C=C(/C=C\C(C)(C)C)/C(=N/[C@@H](O)OC)c1cc(C)ccc1C. The van der Waals surface area contributed by atoms with Crippen molar-refractivity contribution >= 4 is 5.71 Å². The molecule has 0 spiro atoms. The molecule has 0 aromatic heterocycles. The zero-order valence-corrected chi connectivity index (χ0v) is 14.5. The Morgan fingerprint density at radius 2 is 1.95 bits per heavy atom. The van der Waals surface area contributed by atoms with Crippen molar-refractivity contribution in [3.8, 4) is 0 Å². The van der Waals surface area contributed by atoms with Gasteiger partial charge >= 0.3 is 0 Å². The van der Waals surface area contributed by atoms with Crippen molar-refractivity contribution in [2.24, 2.45) is 10.4 Å². The normalized spacial score (nSPS) is 14.4. The predicted octanol–water partition coefficient (Wildman–Crippen LogP) is 4.17. The molecule has 0 unspecified atom stereocenters. The molecule has 0 fully saturated rings. The molecule has 1 N–H and O–H groups in total. The maximum atomic E-state index is 9.75. The van der Waals surface area contributed by atoms with E-state index in [2.05, 4.69) is 44.5 Å². The molecule has 22 heavy (non-hydrogen) atoms. The van der Waals surface area contributed by atoms with Crippen LogP contribution in [0.3, 0.4) is 0 Å². The monoisotopic (exact) mass is 301 g/mol. The van der Waals surface area contributed by atoms with E-state index in [-0.39, 0.29) is 5.41 Å². The lowest BCUT2D eigenvalue weighted by molar-refractivity contribution is -0.0656. The van der Waals surface area contributed by atoms with E-state index in [9.17, 15) is 5.11 Å². The summed E-state index contributed by atoms with van der Waals surface area (Å²) in [5.74, 6) is 0. The van der Waals surface area contributed by atoms with Crippen LogP contribution in [0.5, 0.6) is 0 Å². The highest BCUT2D eigenvalue weighted by molar-refractivity contribution is 6.14. The van der Waals surface area contributed by atoms with Gasteiger partial charge in [0.15, 0.2) is 0 Å². The zero-order valence-electron chi connectivity index (χ0n) is 14.5. The molecule has 1 aromatic carbocycles. The first-order chi connectivity index (χ1) is 10.1. The van der Waals surface area contributed by atoms with Crippen LogP contribution in [-0.4, -0.2) is 24.3 Å². The molecular weight excluding hydrogens is 274 g/mol. The van der Waals surface area contributed by atoms with E-state index in [1.807, 2.05) is 32.1 Å². The van der Waals surface area contributed by atoms with E-state index >= 15 is 0 Å². The molecule has 0 aliphatic carbocycles. The minimum absolute atomic E-state index is 0.0512. The molecule has 0 aliphatic rings. The van der Waals surface area contributed by atoms with Crippen LogP contribution in [0.15, 0.2) is 47.5 Å². The number of nitrogens with zero attached hydrogens (tertiary/aromatic N) is 1. The van der Waals surface area contributed by atoms with Crippen LogP contribution in [-0.2, 0) is 4.74 Å². The van der Waals surface area contributed by atoms with Gasteiger partial charge in [-0.25, -0.2) is 4.99 Å². The van der Waals surface area contributed by atoms with Crippen molar-refractivity contribution in [1.82, 2.24) is 0 Å². The number of aryl methyl sites for hydroxylation is 2. The molecule has 0 saturated heterocycles. The second kappa shape index (κ2) is 7.52. The fourth-order valence-electron chi connectivity index (χ4n) is 1.91. The Kier molecular flexibility index (Phi) is 6.27. The van der Waals surface area contributed by atoms with Gasteiger partial charge in [0, 0.05) is 12.7 Å². The highest BCUT2D eigenvalue weighted by Gasteiger charge is 2.13. The van der Waals surface area contributed by atoms with Gasteiger partial charge in [-0.15, -0.1) is 0 Å². The number of hydrogen-bond acceptors (Lipinski definition) is 3. The standard InChI is InChI=1S/C19H27NO2/c1-13-8-9-14(2)16(12-13)17(20-18(21)22-7)15(3)10-11-19(4,5)6/h8-12,18,21H,3H2,1-2,4-7H3/b11-10-,20-17-/t18-/m0/s1. The van der Waals surface area contributed by atoms with Gasteiger partial charge in [0.2, 0.25) is 0 Å². The molecular formula is C19H27NO2. The quantitative estimate of drug-likeness (QED) is 0.504. The number of aliphatic hydroxyl groups is 1. The van der Waals surface area contributed by atoms with Gasteiger partial charge in [-0.1, -0.05) is 57.2 Å². The summed E-state index contributed by atoms with van der Waals surface area (Å²) < 4.78 is 4.87. The average molecular weight is 301 g/mol. The topological polar surface area (TPSA) is 41.8 Å². The summed E-state index contributed by atoms with van der Waals surface area (Å²) in [5.41, 5.74) is 4.62. The van der Waals surface area contributed by atoms with Gasteiger partial charge in [-0.05, 0) is 36.5 Å². The number of ether oxygens (including phenoxy) is 1. The van der Waals surface area contributed by atoms with Crippen LogP contribution >= 0.6 is 0 Å². The molecule has 0 bridgehead atoms. The molecule has 1 atom stereocenters. The molecule has 0 amide bonds. The molecule has 0 radical (unpaired) electrons. The minimum Gasteiger partial charge on any atom is -0.350 e. The van der Waals surface area contributed by atoms with E-state index in [1.54, 1.807) is 0 Å². The summed E-state index contributed by atoms with van der Waals surface area (Å²) in [7, 11) is 1.42. The smallest absolute Gasteiger partial charge is 0.255 e. The zero-order chi connectivity index (χ0) is 16.9. The first kappa shape index (κ1) is 18.3. The van der Waals surface area contributed by atoms with Crippen molar-refractivity contribution in [2.75, 3.05) is 7.11 Å². The predicted molar refractivity (Wildman–Crippen MR) is 93.2 cm³/mol. The van der Waals surface area contributed by atoms with E-state index in [0.717, 1.165) is 22.3 Å². The van der Waals surface area contributed by atoms with E-state index in [4.69, 9.17) is 4.74 Å². The van der Waals surface area contributed by atoms with Crippen LogP contribution in [0, 0.1) is 19.3 Å². The summed E-state index contributed by atoms with van der Waals surface area (Å²) in [6.45, 7) is 14.5. The lowest BCUT2D eigenvalue weighted by Gasteiger charge is -2.15. The fourth-order valence-corrected chi connectivity index (χ4v) is 1.91. The summed E-state index contributed by atoms with van der Waals surface area (Å²) in [5, 5.41) is 9.75. The third-order valence-corrected chi connectivity index (χ3v) is 3.19. The van der Waals surface area contributed by atoms with Crippen LogP contribution in [0.4, 0.5) is 0 Å². The molecule has 3 nitrogen and oxygen atoms in total. The number of aliphatic imine (C=N–C) groups is 1. The van der Waals surface area contributed by atoms with Gasteiger partial charge in [-0.3, -0.25) is 0 Å². The third kappa shape index (κ3) is 5.58. The largest absolute Gasteiger partial charge is 0.350 e. The Morgan fingerprint density at radius 1 is 1.32 bits per heavy atom. The molecule has 120 valence electrons. The van der Waals surface area contributed by atoms with Crippen LogP contribution < -0.4 is 0 Å². The molecule has 0 aliphatic heterocycles. The number of rotatable bonds is 5. The van der Waals surface area contributed by atoms with Gasteiger partial charge in [0.1, 0.15) is 0 Å². The van der Waals surface area contributed by atoms with Gasteiger partial charge < -0.3 is 9.84 Å². The molecule has 3 heteroatoms. The van der Waals surface area contributed by atoms with E-state index in [0.29, 0.717) is 5.71 Å². The summed E-state index contributed by atoms with van der Waals surface area (Å²) in [4.78, 5) is 4.27. The maximum Gasteiger partial charge on any atom is 0.255 e. The highest BCUT2D eigenvalue weighted by Crippen LogP contribution is 2.20. The van der Waals surface area contributed by atoms with Crippen molar-refractivity contribution in [1.29, 1.82) is 0 Å². The molecule has 1 rings (SSSR count). The second-order valence-corrected chi connectivity index (χ2v) is 6.58. The van der Waals surface area contributed by atoms with Crippen molar-refractivity contribution in [3.05, 3.63) is 59.2 Å². The number of hydrogen-bond donors (Lipinski definition) is 1. The average Bonchev–Trinajstić information content (AvgIpc) is 2.44. The second-order valence-electron chi connectivity index (χ2n) is 6.58. The maximum absolute atomic E-state index is 9.75. The number of aliphatic hydroxyl groups excluding tert-OH is 1. The summed E-state index contributed by atoms with van der Waals surface area (Å²) in [6, 6.07) is 6.14. The summed E-state index contributed by atoms with van der Waals surface area (Å²) in [6.07, 6.45) is 2.83. The molecule has 0 heterocycles. The molecule has 1 aromatic rings. The Hall–Kier alpha value is -1.71. The lowest BCUT2D eigenvalue weighted by atomic mass is 9.92. The van der Waals surface area contributed by atoms with Gasteiger partial charge in [0.25, 0.3) is 6.41 Å². The van der Waals surface area contributed by atoms with Gasteiger partial charge in [0.05, 0.1) is 5.71 Å². The van der Waals surface area contributed by atoms with Crippen LogP contribution in [0.25, 0.3) is 0 Å². The lowest BCUT2D eigenvalue weighted by Crippen LogP contribution is -2.14. The first-order valence-electron chi connectivity index (χ1n) is 7.39. The number of allylic oxidation sites excluding steroid dienone is 3. The molecule has 0 saturated carbocycles. The van der Waals surface area contributed by atoms with Crippen molar-refractivity contribution < 1.29 is 9.84 Å². The Bertz CT molecular complexity index is 592. The number of methoxy groups -OCH3 is 1. The summed E-state index contributed by atoms with van der Waals surface area (Å²) >= 11 is 0. The van der Waals surface area contributed by atoms with Crippen LogP contribution in [0.1, 0.15) is 37.5 Å².